The smallest absolute Gasteiger partial charge is 0.308 e. The molecule has 124 valence electrons. The minimum atomic E-state index is -0.818. The van der Waals surface area contributed by atoms with Crippen LogP contribution in [0.15, 0.2) is 24.3 Å². The quantitative estimate of drug-likeness (QED) is 0.780. The fraction of sp³-hybridized carbons (Fsp3) is 0.438. The molecule has 1 saturated heterocycles. The molecule has 0 aliphatic carbocycles. The molecule has 1 fully saturated rings. The van der Waals surface area contributed by atoms with Gasteiger partial charge in [0, 0.05) is 13.1 Å². The molecule has 2 amide bonds. The van der Waals surface area contributed by atoms with E-state index in [1.54, 1.807) is 31.4 Å². The topological polar surface area (TPSA) is 84.9 Å². The molecule has 0 saturated carbocycles. The maximum Gasteiger partial charge on any atom is 0.308 e. The first-order valence-electron chi connectivity index (χ1n) is 7.32. The molecule has 1 aliphatic rings. The minimum Gasteiger partial charge on any atom is -0.497 e. The maximum atomic E-state index is 12.5. The highest BCUT2D eigenvalue weighted by Crippen LogP contribution is 2.15. The SMILES string of the molecule is COC(=O)C[C@@H]1C(=O)NCCN1C(=O)Cc1ccc(OC)cc1. The van der Waals surface area contributed by atoms with Crippen molar-refractivity contribution in [1.82, 2.24) is 10.2 Å². The second-order valence-electron chi connectivity index (χ2n) is 5.20. The number of esters is 1. The van der Waals surface area contributed by atoms with E-state index in [9.17, 15) is 14.4 Å². The first-order chi connectivity index (χ1) is 11.0. The first-order valence-corrected chi connectivity index (χ1v) is 7.32. The van der Waals surface area contributed by atoms with E-state index in [2.05, 4.69) is 10.1 Å². The van der Waals surface area contributed by atoms with Gasteiger partial charge in [-0.05, 0) is 17.7 Å². The predicted octanol–water partition coefficient (Wildman–Crippen LogP) is 0.128. The Morgan fingerprint density at radius 1 is 1.26 bits per heavy atom. The van der Waals surface area contributed by atoms with Crippen LogP contribution in [0.1, 0.15) is 12.0 Å². The molecule has 0 bridgehead atoms. The van der Waals surface area contributed by atoms with Gasteiger partial charge in [-0.2, -0.15) is 0 Å². The summed E-state index contributed by atoms with van der Waals surface area (Å²) in [5, 5.41) is 2.67. The number of amides is 2. The van der Waals surface area contributed by atoms with Crippen molar-refractivity contribution in [3.8, 4) is 5.75 Å². The predicted molar refractivity (Wildman–Crippen MR) is 81.8 cm³/mol. The van der Waals surface area contributed by atoms with E-state index in [-0.39, 0.29) is 24.7 Å². The lowest BCUT2D eigenvalue weighted by molar-refractivity contribution is -0.150. The zero-order valence-electron chi connectivity index (χ0n) is 13.2. The van der Waals surface area contributed by atoms with Crippen LogP contribution in [0.2, 0.25) is 0 Å². The summed E-state index contributed by atoms with van der Waals surface area (Å²) in [5.74, 6) is -0.333. The molecule has 1 aliphatic heterocycles. The average Bonchev–Trinajstić information content (AvgIpc) is 2.57. The highest BCUT2D eigenvalue weighted by atomic mass is 16.5. The lowest BCUT2D eigenvalue weighted by Crippen LogP contribution is -2.58. The van der Waals surface area contributed by atoms with Gasteiger partial charge in [0.05, 0.1) is 27.1 Å². The summed E-state index contributed by atoms with van der Waals surface area (Å²) >= 11 is 0. The van der Waals surface area contributed by atoms with Crippen molar-refractivity contribution >= 4 is 17.8 Å². The van der Waals surface area contributed by atoms with E-state index in [1.165, 1.54) is 12.0 Å². The Balaban J connectivity index is 2.07. The van der Waals surface area contributed by atoms with Gasteiger partial charge in [-0.3, -0.25) is 14.4 Å². The van der Waals surface area contributed by atoms with E-state index < -0.39 is 12.0 Å². The number of hydrogen-bond donors (Lipinski definition) is 1. The highest BCUT2D eigenvalue weighted by Gasteiger charge is 2.34. The van der Waals surface area contributed by atoms with E-state index in [0.717, 1.165) is 5.56 Å². The number of nitrogens with one attached hydrogen (secondary N) is 1. The molecule has 0 aromatic heterocycles. The second-order valence-corrected chi connectivity index (χ2v) is 5.20. The van der Waals surface area contributed by atoms with Crippen LogP contribution in [0.5, 0.6) is 5.75 Å². The third-order valence-electron chi connectivity index (χ3n) is 3.75. The van der Waals surface area contributed by atoms with Crippen LogP contribution in [-0.2, 0) is 25.5 Å². The van der Waals surface area contributed by atoms with Crippen molar-refractivity contribution in [2.75, 3.05) is 27.3 Å². The highest BCUT2D eigenvalue weighted by molar-refractivity contribution is 5.92. The zero-order valence-corrected chi connectivity index (χ0v) is 13.2. The molecule has 1 aromatic carbocycles. The summed E-state index contributed by atoms with van der Waals surface area (Å²) in [7, 11) is 2.83. The van der Waals surface area contributed by atoms with Crippen molar-refractivity contribution < 1.29 is 23.9 Å². The fourth-order valence-electron chi connectivity index (χ4n) is 2.48. The van der Waals surface area contributed by atoms with Gasteiger partial charge in [-0.1, -0.05) is 12.1 Å². The molecule has 1 aromatic rings. The number of carbonyl (C=O) groups is 3. The Kier molecular flexibility index (Phi) is 5.56. The summed E-state index contributed by atoms with van der Waals surface area (Å²) in [5.41, 5.74) is 0.818. The van der Waals surface area contributed by atoms with Crippen LogP contribution in [0, 0.1) is 0 Å². The first kappa shape index (κ1) is 16.8. The van der Waals surface area contributed by atoms with Gasteiger partial charge >= 0.3 is 5.97 Å². The van der Waals surface area contributed by atoms with E-state index in [1.807, 2.05) is 0 Å². The molecule has 2 rings (SSSR count). The largest absolute Gasteiger partial charge is 0.497 e. The van der Waals surface area contributed by atoms with Crippen molar-refractivity contribution in [2.24, 2.45) is 0 Å². The van der Waals surface area contributed by atoms with Gasteiger partial charge in [-0.25, -0.2) is 0 Å². The molecule has 0 spiro atoms. The second kappa shape index (κ2) is 7.62. The van der Waals surface area contributed by atoms with Gasteiger partial charge in [0.1, 0.15) is 11.8 Å². The normalized spacial score (nSPS) is 17.4. The molecule has 7 nitrogen and oxygen atoms in total. The van der Waals surface area contributed by atoms with Crippen molar-refractivity contribution in [3.63, 3.8) is 0 Å². The molecule has 0 unspecified atom stereocenters. The van der Waals surface area contributed by atoms with Crippen molar-refractivity contribution in [1.29, 1.82) is 0 Å². The van der Waals surface area contributed by atoms with E-state index >= 15 is 0 Å². The number of benzene rings is 1. The maximum absolute atomic E-state index is 12.5. The molecular weight excluding hydrogens is 300 g/mol. The molecule has 1 heterocycles. The van der Waals surface area contributed by atoms with Gasteiger partial charge in [-0.15, -0.1) is 0 Å². The van der Waals surface area contributed by atoms with Gasteiger partial charge in [0.25, 0.3) is 0 Å². The number of ether oxygens (including phenoxy) is 2. The standard InChI is InChI=1S/C16H20N2O5/c1-22-12-5-3-11(4-6-12)9-14(19)18-8-7-17-16(21)13(18)10-15(20)23-2/h3-6,13H,7-10H2,1-2H3,(H,17,21)/t13-/m1/s1. The molecule has 1 atom stereocenters. The van der Waals surface area contributed by atoms with E-state index in [4.69, 9.17) is 4.74 Å². The fourth-order valence-corrected chi connectivity index (χ4v) is 2.48. The van der Waals surface area contributed by atoms with Gasteiger partial charge in [0.15, 0.2) is 0 Å². The van der Waals surface area contributed by atoms with Crippen LogP contribution >= 0.6 is 0 Å². The number of piperazine rings is 1. The molecule has 23 heavy (non-hydrogen) atoms. The monoisotopic (exact) mass is 320 g/mol. The third kappa shape index (κ3) is 4.21. The summed E-state index contributed by atoms with van der Waals surface area (Å²) in [6.07, 6.45) is 0.0195. The Morgan fingerprint density at radius 2 is 1.96 bits per heavy atom. The number of rotatable bonds is 5. The zero-order chi connectivity index (χ0) is 16.8. The van der Waals surface area contributed by atoms with Gasteiger partial charge < -0.3 is 19.7 Å². The molecular formula is C16H20N2O5. The summed E-state index contributed by atoms with van der Waals surface area (Å²) in [6, 6.07) is 6.34. The number of carbonyl (C=O) groups excluding carboxylic acids is 3. The Labute approximate surface area is 134 Å². The van der Waals surface area contributed by atoms with Crippen molar-refractivity contribution in [2.45, 2.75) is 18.9 Å². The average molecular weight is 320 g/mol. The number of nitrogens with zero attached hydrogens (tertiary/aromatic N) is 1. The number of hydrogen-bond acceptors (Lipinski definition) is 5. The van der Waals surface area contributed by atoms with Gasteiger partial charge in [0.2, 0.25) is 11.8 Å². The van der Waals surface area contributed by atoms with Crippen LogP contribution in [-0.4, -0.2) is 56.0 Å². The summed E-state index contributed by atoms with van der Waals surface area (Å²) in [6.45, 7) is 0.757. The van der Waals surface area contributed by atoms with Crippen LogP contribution in [0.3, 0.4) is 0 Å². The Bertz CT molecular complexity index is 585. The van der Waals surface area contributed by atoms with Crippen LogP contribution in [0.4, 0.5) is 0 Å². The van der Waals surface area contributed by atoms with E-state index in [0.29, 0.717) is 18.8 Å². The molecule has 0 radical (unpaired) electrons. The minimum absolute atomic E-state index is 0.142. The Hall–Kier alpha value is -2.57. The van der Waals surface area contributed by atoms with Crippen LogP contribution in [0.25, 0.3) is 0 Å². The molecule has 1 N–H and O–H groups in total. The lowest BCUT2D eigenvalue weighted by Gasteiger charge is -2.34. The summed E-state index contributed by atoms with van der Waals surface area (Å²) in [4.78, 5) is 37.4. The lowest BCUT2D eigenvalue weighted by atomic mass is 10.1. The summed E-state index contributed by atoms with van der Waals surface area (Å²) < 4.78 is 9.68. The Morgan fingerprint density at radius 3 is 2.57 bits per heavy atom. The third-order valence-corrected chi connectivity index (χ3v) is 3.75. The van der Waals surface area contributed by atoms with Crippen LogP contribution < -0.4 is 10.1 Å². The molecule has 7 heteroatoms. The number of methoxy groups -OCH3 is 2. The van der Waals surface area contributed by atoms with Crippen molar-refractivity contribution in [3.05, 3.63) is 29.8 Å².